The van der Waals surface area contributed by atoms with E-state index in [1.54, 1.807) is 0 Å². The Bertz CT molecular complexity index is 1320. The van der Waals surface area contributed by atoms with Crippen molar-refractivity contribution >= 4 is 11.6 Å². The molecule has 36 heavy (non-hydrogen) atoms. The van der Waals surface area contributed by atoms with E-state index in [1.807, 2.05) is 0 Å². The summed E-state index contributed by atoms with van der Waals surface area (Å²) in [5, 5.41) is 2.25. The third-order valence-electron chi connectivity index (χ3n) is 4.32. The van der Waals surface area contributed by atoms with Gasteiger partial charge in [-0.25, -0.2) is 4.98 Å². The van der Waals surface area contributed by atoms with Gasteiger partial charge < -0.3 is 29.2 Å². The molecular weight excluding hydrogens is 504 g/mol. The smallest absolute Gasteiger partial charge is 0.493 e. The number of amides is 1. The lowest BCUT2D eigenvalue weighted by atomic mass is 10.1. The minimum absolute atomic E-state index is 0.0617. The van der Waals surface area contributed by atoms with Gasteiger partial charge in [0.25, 0.3) is 5.91 Å². The number of nitrogens with one attached hydrogen (secondary N) is 2. The molecule has 0 fully saturated rings. The number of hydrogen-bond acceptors (Lipinski definition) is 7. The predicted molar refractivity (Wildman–Crippen MR) is 111 cm³/mol. The fourth-order valence-electron chi connectivity index (χ4n) is 2.93. The van der Waals surface area contributed by atoms with Crippen molar-refractivity contribution in [2.75, 3.05) is 19.5 Å². The van der Waals surface area contributed by atoms with E-state index in [-0.39, 0.29) is 17.2 Å². The summed E-state index contributed by atoms with van der Waals surface area (Å²) in [4.78, 5) is 30.1. The third-order valence-corrected chi connectivity index (χ3v) is 4.32. The van der Waals surface area contributed by atoms with Gasteiger partial charge in [0, 0.05) is 24.0 Å². The second-order valence-electron chi connectivity index (χ2n) is 6.74. The quantitative estimate of drug-likeness (QED) is 0.434. The number of carbonyl (C=O) groups excluding carboxylic acids is 1. The summed E-state index contributed by atoms with van der Waals surface area (Å²) in [6, 6.07) is 4.88. The highest BCUT2D eigenvalue weighted by atomic mass is 19.4. The zero-order chi connectivity index (χ0) is 26.7. The Morgan fingerprint density at radius 2 is 1.69 bits per heavy atom. The molecule has 1 aromatic carbocycles. The molecule has 2 aromatic heterocycles. The minimum atomic E-state index is -5.03. The Balaban J connectivity index is 2.10. The van der Waals surface area contributed by atoms with Crippen LogP contribution in [0.25, 0.3) is 0 Å². The van der Waals surface area contributed by atoms with Crippen molar-refractivity contribution in [3.05, 3.63) is 64.3 Å². The molecule has 0 unspecified atom stereocenters. The van der Waals surface area contributed by atoms with Gasteiger partial charge in [-0.1, -0.05) is 0 Å². The second-order valence-corrected chi connectivity index (χ2v) is 6.74. The molecule has 2 heterocycles. The number of ether oxygens (including phenoxy) is 4. The number of rotatable bonds is 7. The molecule has 0 aliphatic carbocycles. The predicted octanol–water partition coefficient (Wildman–Crippen LogP) is 4.75. The van der Waals surface area contributed by atoms with Gasteiger partial charge in [-0.15, -0.1) is 13.2 Å². The van der Waals surface area contributed by atoms with Crippen LogP contribution in [0, 0.1) is 0 Å². The Labute approximate surface area is 197 Å². The van der Waals surface area contributed by atoms with E-state index >= 15 is 0 Å². The number of carbonyl (C=O) groups is 1. The zero-order valence-electron chi connectivity index (χ0n) is 18.2. The molecule has 0 radical (unpaired) electrons. The maximum Gasteiger partial charge on any atom is 0.573 e. The molecule has 2 N–H and O–H groups in total. The molecule has 9 nitrogen and oxygen atoms in total. The molecular formula is C21H15F6N3O6. The molecule has 192 valence electrons. The molecule has 0 spiro atoms. The molecule has 1 amide bonds. The molecule has 15 heteroatoms. The lowest BCUT2D eigenvalue weighted by Gasteiger charge is -2.19. The first-order valence-electron chi connectivity index (χ1n) is 9.58. The summed E-state index contributed by atoms with van der Waals surface area (Å²) in [6.45, 7) is 0. The van der Waals surface area contributed by atoms with Crippen LogP contribution in [-0.2, 0) is 6.18 Å². The summed E-state index contributed by atoms with van der Waals surface area (Å²) in [5.41, 5.74) is -2.98. The van der Waals surface area contributed by atoms with Crippen LogP contribution in [0.5, 0.6) is 28.7 Å². The van der Waals surface area contributed by atoms with Gasteiger partial charge in [0.1, 0.15) is 11.3 Å². The largest absolute Gasteiger partial charge is 0.573 e. The second kappa shape index (κ2) is 10.1. The van der Waals surface area contributed by atoms with Crippen molar-refractivity contribution in [1.29, 1.82) is 0 Å². The normalized spacial score (nSPS) is 11.6. The molecule has 0 aliphatic rings. The molecule has 0 saturated carbocycles. The standard InChI is InChI=1S/C21H15F6N3O6/c1-33-13-8-11(36-21(25,26)27)3-4-12(13)35-14-9-29-18(20(22,23)24)17(34-2)16(14)19(32)30-10-5-6-28-15(31)7-10/h3-9H,1-2H3,(H2,28,30,31,32). The van der Waals surface area contributed by atoms with Crippen LogP contribution in [0.2, 0.25) is 0 Å². The first kappa shape index (κ1) is 26.2. The Hall–Kier alpha value is -4.43. The van der Waals surface area contributed by atoms with Gasteiger partial charge in [0.2, 0.25) is 5.56 Å². The maximum absolute atomic E-state index is 13.5. The summed E-state index contributed by atoms with van der Waals surface area (Å²) in [7, 11) is 1.95. The van der Waals surface area contributed by atoms with Crippen LogP contribution in [0.3, 0.4) is 0 Å². The topological polar surface area (TPSA) is 112 Å². The zero-order valence-corrected chi connectivity index (χ0v) is 18.2. The van der Waals surface area contributed by atoms with Crippen LogP contribution in [-0.4, -0.2) is 36.5 Å². The van der Waals surface area contributed by atoms with Crippen LogP contribution < -0.4 is 29.8 Å². The van der Waals surface area contributed by atoms with Gasteiger partial charge in [-0.3, -0.25) is 9.59 Å². The number of benzene rings is 1. The summed E-state index contributed by atoms with van der Waals surface area (Å²) >= 11 is 0. The summed E-state index contributed by atoms with van der Waals surface area (Å²) in [6.07, 6.45) is -8.26. The molecule has 0 saturated heterocycles. The van der Waals surface area contributed by atoms with E-state index in [1.165, 1.54) is 12.3 Å². The van der Waals surface area contributed by atoms with Crippen LogP contribution >= 0.6 is 0 Å². The molecule has 3 rings (SSSR count). The lowest BCUT2D eigenvalue weighted by Crippen LogP contribution is -2.20. The van der Waals surface area contributed by atoms with Gasteiger partial charge in [-0.2, -0.15) is 13.2 Å². The number of anilines is 1. The number of aromatic nitrogens is 2. The van der Waals surface area contributed by atoms with E-state index < -0.39 is 52.5 Å². The highest BCUT2D eigenvalue weighted by Gasteiger charge is 2.40. The third kappa shape index (κ3) is 6.17. The monoisotopic (exact) mass is 519 g/mol. The number of methoxy groups -OCH3 is 2. The minimum Gasteiger partial charge on any atom is -0.493 e. The van der Waals surface area contributed by atoms with Crippen LogP contribution in [0.15, 0.2) is 47.5 Å². The van der Waals surface area contributed by atoms with E-state index in [0.717, 1.165) is 38.5 Å². The van der Waals surface area contributed by atoms with Crippen LogP contribution in [0.1, 0.15) is 16.1 Å². The van der Waals surface area contributed by atoms with Crippen molar-refractivity contribution < 1.29 is 50.1 Å². The number of halogens is 6. The SMILES string of the molecule is COc1cc(OC(F)(F)F)ccc1Oc1cnc(C(F)(F)F)c(OC)c1C(=O)Nc1cc[nH]c(=O)c1. The molecule has 3 aromatic rings. The fraction of sp³-hybridized carbons (Fsp3) is 0.190. The number of nitrogens with zero attached hydrogens (tertiary/aromatic N) is 1. The first-order chi connectivity index (χ1) is 16.8. The highest BCUT2D eigenvalue weighted by molar-refractivity contribution is 6.08. The van der Waals surface area contributed by atoms with Crippen molar-refractivity contribution in [2.45, 2.75) is 12.5 Å². The number of alkyl halides is 6. The van der Waals surface area contributed by atoms with Crippen LogP contribution in [0.4, 0.5) is 32.0 Å². The number of pyridine rings is 2. The number of hydrogen-bond donors (Lipinski definition) is 2. The average Bonchev–Trinajstić information content (AvgIpc) is 2.77. The summed E-state index contributed by atoms with van der Waals surface area (Å²) < 4.78 is 97.2. The Morgan fingerprint density at radius 3 is 2.28 bits per heavy atom. The van der Waals surface area contributed by atoms with E-state index in [2.05, 4.69) is 20.0 Å². The van der Waals surface area contributed by atoms with E-state index in [9.17, 15) is 35.9 Å². The van der Waals surface area contributed by atoms with Crippen molar-refractivity contribution in [1.82, 2.24) is 9.97 Å². The Kier molecular flexibility index (Phi) is 7.31. The highest BCUT2D eigenvalue weighted by Crippen LogP contribution is 2.43. The van der Waals surface area contributed by atoms with Crippen molar-refractivity contribution in [2.24, 2.45) is 0 Å². The molecule has 0 atom stereocenters. The van der Waals surface area contributed by atoms with Crippen molar-refractivity contribution in [3.8, 4) is 28.7 Å². The maximum atomic E-state index is 13.5. The fourth-order valence-corrected chi connectivity index (χ4v) is 2.93. The van der Waals surface area contributed by atoms with E-state index in [4.69, 9.17) is 14.2 Å². The molecule has 0 aliphatic heterocycles. The number of H-pyrrole nitrogens is 1. The van der Waals surface area contributed by atoms with Gasteiger partial charge in [0.05, 0.1) is 20.4 Å². The Morgan fingerprint density at radius 1 is 0.972 bits per heavy atom. The van der Waals surface area contributed by atoms with E-state index in [0.29, 0.717) is 6.20 Å². The van der Waals surface area contributed by atoms with Gasteiger partial charge in [0.15, 0.2) is 28.7 Å². The first-order valence-corrected chi connectivity index (χ1v) is 9.58. The number of aromatic amines is 1. The van der Waals surface area contributed by atoms with Gasteiger partial charge >= 0.3 is 12.5 Å². The van der Waals surface area contributed by atoms with Gasteiger partial charge in [-0.05, 0) is 18.2 Å². The van der Waals surface area contributed by atoms with Crippen molar-refractivity contribution in [3.63, 3.8) is 0 Å². The lowest BCUT2D eigenvalue weighted by molar-refractivity contribution is -0.274. The average molecular weight is 519 g/mol. The molecule has 0 bridgehead atoms. The summed E-state index contributed by atoms with van der Waals surface area (Å²) in [5.74, 6) is -4.00.